The molecule has 0 spiro atoms. The molecule has 2 amide bonds. The van der Waals surface area contributed by atoms with Gasteiger partial charge in [0.15, 0.2) is 11.6 Å². The minimum Gasteiger partial charge on any atom is -0.494 e. The Morgan fingerprint density at radius 3 is 2.44 bits per heavy atom. The third-order valence-electron chi connectivity index (χ3n) is 5.88. The van der Waals surface area contributed by atoms with Gasteiger partial charge in [0.1, 0.15) is 12.4 Å². The Bertz CT molecular complexity index is 959. The highest BCUT2D eigenvalue weighted by Crippen LogP contribution is 2.24. The van der Waals surface area contributed by atoms with Crippen molar-refractivity contribution >= 4 is 11.8 Å². The number of hydrogen-bond donors (Lipinski definition) is 0. The SMILES string of the molecule is COc1ccc(C(=O)N2CCC[C@@H]2COc2ccc(C(=O)N3CCOCC3)cc2)cc1F. The van der Waals surface area contributed by atoms with E-state index in [0.29, 0.717) is 56.3 Å². The minimum absolute atomic E-state index is 0.0147. The normalized spacial score (nSPS) is 18.5. The average molecular weight is 442 g/mol. The maximum Gasteiger partial charge on any atom is 0.254 e. The molecule has 0 N–H and O–H groups in total. The van der Waals surface area contributed by atoms with E-state index in [-0.39, 0.29) is 23.6 Å². The third kappa shape index (κ3) is 4.85. The molecule has 2 fully saturated rings. The van der Waals surface area contributed by atoms with Crippen molar-refractivity contribution in [1.29, 1.82) is 0 Å². The smallest absolute Gasteiger partial charge is 0.254 e. The van der Waals surface area contributed by atoms with Crippen LogP contribution in [0.1, 0.15) is 33.6 Å². The molecule has 1 atom stereocenters. The number of rotatable bonds is 6. The lowest BCUT2D eigenvalue weighted by atomic mass is 10.1. The van der Waals surface area contributed by atoms with Crippen molar-refractivity contribution in [1.82, 2.24) is 9.80 Å². The molecule has 0 radical (unpaired) electrons. The van der Waals surface area contributed by atoms with E-state index in [9.17, 15) is 14.0 Å². The highest BCUT2D eigenvalue weighted by atomic mass is 19.1. The number of methoxy groups -OCH3 is 1. The van der Waals surface area contributed by atoms with Crippen molar-refractivity contribution in [2.24, 2.45) is 0 Å². The number of carbonyl (C=O) groups is 2. The van der Waals surface area contributed by atoms with Gasteiger partial charge in [0, 0.05) is 30.8 Å². The number of hydrogen-bond acceptors (Lipinski definition) is 5. The van der Waals surface area contributed by atoms with Gasteiger partial charge >= 0.3 is 0 Å². The number of morpholine rings is 1. The highest BCUT2D eigenvalue weighted by molar-refractivity contribution is 5.95. The summed E-state index contributed by atoms with van der Waals surface area (Å²) in [5.74, 6) is -0.0444. The van der Waals surface area contributed by atoms with E-state index in [0.717, 1.165) is 12.8 Å². The Morgan fingerprint density at radius 2 is 1.75 bits per heavy atom. The van der Waals surface area contributed by atoms with Crippen molar-refractivity contribution in [3.8, 4) is 11.5 Å². The van der Waals surface area contributed by atoms with Crippen molar-refractivity contribution in [2.75, 3.05) is 46.6 Å². The van der Waals surface area contributed by atoms with Gasteiger partial charge in [-0.05, 0) is 55.3 Å². The van der Waals surface area contributed by atoms with Gasteiger partial charge in [-0.3, -0.25) is 9.59 Å². The zero-order chi connectivity index (χ0) is 22.5. The van der Waals surface area contributed by atoms with Crippen LogP contribution in [0, 0.1) is 5.82 Å². The van der Waals surface area contributed by atoms with Crippen LogP contribution >= 0.6 is 0 Å². The van der Waals surface area contributed by atoms with Gasteiger partial charge in [0.05, 0.1) is 26.4 Å². The standard InChI is InChI=1S/C24H27FN2O5/c1-30-22-9-6-18(15-21(22)25)24(29)27-10-2-3-19(27)16-32-20-7-4-17(5-8-20)23(28)26-11-13-31-14-12-26/h4-9,15,19H,2-3,10-14,16H2,1H3/t19-/m1/s1. The Hall–Kier alpha value is -3.13. The summed E-state index contributed by atoms with van der Waals surface area (Å²) in [6.07, 6.45) is 1.68. The fraction of sp³-hybridized carbons (Fsp3) is 0.417. The summed E-state index contributed by atoms with van der Waals surface area (Å²) in [6, 6.07) is 11.2. The highest BCUT2D eigenvalue weighted by Gasteiger charge is 2.30. The van der Waals surface area contributed by atoms with E-state index in [2.05, 4.69) is 0 Å². The number of benzene rings is 2. The summed E-state index contributed by atoms with van der Waals surface area (Å²) in [5, 5.41) is 0. The number of carbonyl (C=O) groups excluding carboxylic acids is 2. The van der Waals surface area contributed by atoms with E-state index < -0.39 is 5.82 Å². The van der Waals surface area contributed by atoms with Crippen molar-refractivity contribution in [2.45, 2.75) is 18.9 Å². The van der Waals surface area contributed by atoms with Crippen LogP contribution in [0.25, 0.3) is 0 Å². The maximum atomic E-state index is 14.0. The number of nitrogens with zero attached hydrogens (tertiary/aromatic N) is 2. The fourth-order valence-electron chi connectivity index (χ4n) is 4.08. The molecule has 2 aliphatic heterocycles. The summed E-state index contributed by atoms with van der Waals surface area (Å²) in [5.41, 5.74) is 0.902. The zero-order valence-electron chi connectivity index (χ0n) is 18.1. The van der Waals surface area contributed by atoms with Crippen molar-refractivity contribution in [3.63, 3.8) is 0 Å². The third-order valence-corrected chi connectivity index (χ3v) is 5.88. The lowest BCUT2D eigenvalue weighted by Crippen LogP contribution is -2.40. The summed E-state index contributed by atoms with van der Waals surface area (Å²) >= 11 is 0. The van der Waals surface area contributed by atoms with Crippen LogP contribution in [0.5, 0.6) is 11.5 Å². The number of halogens is 1. The van der Waals surface area contributed by atoms with Gasteiger partial charge < -0.3 is 24.0 Å². The van der Waals surface area contributed by atoms with Crippen molar-refractivity contribution in [3.05, 3.63) is 59.4 Å². The molecule has 0 unspecified atom stereocenters. The first-order valence-electron chi connectivity index (χ1n) is 10.8. The van der Waals surface area contributed by atoms with Crippen LogP contribution < -0.4 is 9.47 Å². The zero-order valence-corrected chi connectivity index (χ0v) is 18.1. The van der Waals surface area contributed by atoms with Crippen LogP contribution in [-0.2, 0) is 4.74 Å². The average Bonchev–Trinajstić information content (AvgIpc) is 3.31. The molecule has 4 rings (SSSR count). The predicted octanol–water partition coefficient (Wildman–Crippen LogP) is 2.99. The van der Waals surface area contributed by atoms with Crippen LogP contribution in [0.2, 0.25) is 0 Å². The molecule has 0 aromatic heterocycles. The van der Waals surface area contributed by atoms with E-state index in [1.54, 1.807) is 40.1 Å². The number of likely N-dealkylation sites (tertiary alicyclic amines) is 1. The van der Waals surface area contributed by atoms with Gasteiger partial charge in [0.2, 0.25) is 0 Å². The van der Waals surface area contributed by atoms with E-state index in [1.165, 1.54) is 19.2 Å². The first kappa shape index (κ1) is 22.1. The van der Waals surface area contributed by atoms with Crippen LogP contribution in [0.4, 0.5) is 4.39 Å². The summed E-state index contributed by atoms with van der Waals surface area (Å²) in [6.45, 7) is 3.26. The van der Waals surface area contributed by atoms with Gasteiger partial charge in [-0.1, -0.05) is 0 Å². The summed E-state index contributed by atoms with van der Waals surface area (Å²) < 4.78 is 30.1. The topological polar surface area (TPSA) is 68.3 Å². The second kappa shape index (κ2) is 9.99. The Balaban J connectivity index is 1.35. The van der Waals surface area contributed by atoms with Crippen molar-refractivity contribution < 1.29 is 28.2 Å². The fourth-order valence-corrected chi connectivity index (χ4v) is 4.08. The predicted molar refractivity (Wildman–Crippen MR) is 116 cm³/mol. The van der Waals surface area contributed by atoms with E-state index in [4.69, 9.17) is 14.2 Å². The molecule has 2 aliphatic rings. The largest absolute Gasteiger partial charge is 0.494 e. The van der Waals surface area contributed by atoms with Crippen LogP contribution in [0.3, 0.4) is 0 Å². The maximum absolute atomic E-state index is 14.0. The molecule has 7 nitrogen and oxygen atoms in total. The van der Waals surface area contributed by atoms with E-state index in [1.807, 2.05) is 0 Å². The van der Waals surface area contributed by atoms with Gasteiger partial charge in [0.25, 0.3) is 11.8 Å². The molecule has 2 heterocycles. The first-order valence-corrected chi connectivity index (χ1v) is 10.8. The molecule has 0 saturated carbocycles. The summed E-state index contributed by atoms with van der Waals surface area (Å²) in [4.78, 5) is 29.0. The monoisotopic (exact) mass is 442 g/mol. The van der Waals surface area contributed by atoms with Crippen LogP contribution in [-0.4, -0.2) is 74.2 Å². The molecule has 32 heavy (non-hydrogen) atoms. The Morgan fingerprint density at radius 1 is 1.03 bits per heavy atom. The molecule has 170 valence electrons. The molecule has 8 heteroatoms. The molecule has 0 aliphatic carbocycles. The number of amides is 2. The molecular weight excluding hydrogens is 415 g/mol. The molecular formula is C24H27FN2O5. The Labute approximate surface area is 186 Å². The minimum atomic E-state index is -0.558. The quantitative estimate of drug-likeness (QED) is 0.688. The van der Waals surface area contributed by atoms with Crippen LogP contribution in [0.15, 0.2) is 42.5 Å². The molecule has 2 aromatic carbocycles. The first-order chi connectivity index (χ1) is 15.6. The number of ether oxygens (including phenoxy) is 3. The summed E-state index contributed by atoms with van der Waals surface area (Å²) in [7, 11) is 1.39. The molecule has 0 bridgehead atoms. The Kier molecular flexibility index (Phi) is 6.90. The van der Waals surface area contributed by atoms with Gasteiger partial charge in [-0.15, -0.1) is 0 Å². The van der Waals surface area contributed by atoms with Gasteiger partial charge in [-0.2, -0.15) is 0 Å². The van der Waals surface area contributed by atoms with E-state index >= 15 is 0 Å². The molecule has 2 aromatic rings. The second-order valence-corrected chi connectivity index (χ2v) is 7.88. The lowest BCUT2D eigenvalue weighted by molar-refractivity contribution is 0.0303. The second-order valence-electron chi connectivity index (χ2n) is 7.88. The molecule has 2 saturated heterocycles. The van der Waals surface area contributed by atoms with Gasteiger partial charge in [-0.25, -0.2) is 4.39 Å². The lowest BCUT2D eigenvalue weighted by Gasteiger charge is -2.27.